The van der Waals surface area contributed by atoms with Gasteiger partial charge >= 0.3 is 0 Å². The standard InChI is InChI=1S/C28H30N6/c1-29-28-17-23(16-27(32-28)26-8-3-4-9-31-26)25-15-24(18-30-19-25)22-7-5-6-21(14-22)20-34-12-10-33(2)11-13-34/h3-9,14-19H,10-13,20H2,1-2H3,(H,29,32). The van der Waals surface area contributed by atoms with E-state index in [9.17, 15) is 0 Å². The van der Waals surface area contributed by atoms with E-state index in [2.05, 4.69) is 74.6 Å². The van der Waals surface area contributed by atoms with Gasteiger partial charge in [0.25, 0.3) is 0 Å². The molecule has 6 heteroatoms. The second-order valence-electron chi connectivity index (χ2n) is 8.83. The molecule has 0 spiro atoms. The van der Waals surface area contributed by atoms with Crippen molar-refractivity contribution < 1.29 is 0 Å². The minimum atomic E-state index is 0.803. The zero-order valence-electron chi connectivity index (χ0n) is 19.8. The van der Waals surface area contributed by atoms with E-state index in [4.69, 9.17) is 4.98 Å². The summed E-state index contributed by atoms with van der Waals surface area (Å²) < 4.78 is 0. The molecule has 0 bridgehead atoms. The van der Waals surface area contributed by atoms with Crippen molar-refractivity contribution in [1.82, 2.24) is 24.8 Å². The van der Waals surface area contributed by atoms with Crippen LogP contribution in [0.3, 0.4) is 0 Å². The zero-order valence-corrected chi connectivity index (χ0v) is 19.8. The highest BCUT2D eigenvalue weighted by atomic mass is 15.2. The summed E-state index contributed by atoms with van der Waals surface area (Å²) in [6.45, 7) is 5.48. The molecule has 1 saturated heterocycles. The summed E-state index contributed by atoms with van der Waals surface area (Å²) in [5, 5.41) is 3.18. The molecule has 172 valence electrons. The van der Waals surface area contributed by atoms with Crippen LogP contribution in [0.4, 0.5) is 5.82 Å². The van der Waals surface area contributed by atoms with Gasteiger partial charge in [-0.25, -0.2) is 4.98 Å². The molecule has 3 aromatic heterocycles. The first-order chi connectivity index (χ1) is 16.7. The number of anilines is 1. The van der Waals surface area contributed by atoms with Crippen molar-refractivity contribution in [2.24, 2.45) is 0 Å². The minimum absolute atomic E-state index is 0.803. The van der Waals surface area contributed by atoms with Crippen molar-refractivity contribution in [3.05, 3.63) is 84.8 Å². The van der Waals surface area contributed by atoms with Crippen LogP contribution in [0.15, 0.2) is 79.3 Å². The molecule has 6 nitrogen and oxygen atoms in total. The van der Waals surface area contributed by atoms with Crippen LogP contribution in [0.25, 0.3) is 33.6 Å². The lowest BCUT2D eigenvalue weighted by atomic mass is 10.00. The molecule has 1 N–H and O–H groups in total. The van der Waals surface area contributed by atoms with E-state index in [0.717, 1.165) is 66.6 Å². The Bertz CT molecular complexity index is 1250. The van der Waals surface area contributed by atoms with Crippen molar-refractivity contribution >= 4 is 5.82 Å². The van der Waals surface area contributed by atoms with Crippen LogP contribution in [0.1, 0.15) is 5.56 Å². The molecule has 0 unspecified atom stereocenters. The van der Waals surface area contributed by atoms with Crippen molar-refractivity contribution in [3.63, 3.8) is 0 Å². The van der Waals surface area contributed by atoms with Gasteiger partial charge in [0.15, 0.2) is 0 Å². The molecule has 34 heavy (non-hydrogen) atoms. The summed E-state index contributed by atoms with van der Waals surface area (Å²) in [5.41, 5.74) is 7.43. The van der Waals surface area contributed by atoms with Gasteiger partial charge < -0.3 is 10.2 Å². The SMILES string of the molecule is CNc1cc(-c2cncc(-c3cccc(CN4CCN(C)CC4)c3)c2)cc(-c2ccccn2)n1. The summed E-state index contributed by atoms with van der Waals surface area (Å²) >= 11 is 0. The number of aromatic nitrogens is 3. The predicted octanol–water partition coefficient (Wildman–Crippen LogP) is 4.66. The predicted molar refractivity (Wildman–Crippen MR) is 138 cm³/mol. The van der Waals surface area contributed by atoms with Crippen LogP contribution in [-0.2, 0) is 6.54 Å². The van der Waals surface area contributed by atoms with Crippen LogP contribution in [0, 0.1) is 0 Å². The van der Waals surface area contributed by atoms with E-state index in [1.807, 2.05) is 37.6 Å². The molecule has 5 rings (SSSR count). The van der Waals surface area contributed by atoms with Crippen molar-refractivity contribution in [2.45, 2.75) is 6.54 Å². The Kier molecular flexibility index (Phi) is 6.60. The Morgan fingerprint density at radius 3 is 2.38 bits per heavy atom. The monoisotopic (exact) mass is 450 g/mol. The number of likely N-dealkylation sites (N-methyl/N-ethyl adjacent to an activating group) is 1. The molecule has 0 radical (unpaired) electrons. The van der Waals surface area contributed by atoms with Gasteiger partial charge in [-0.15, -0.1) is 0 Å². The largest absolute Gasteiger partial charge is 0.373 e. The van der Waals surface area contributed by atoms with Crippen LogP contribution in [0.2, 0.25) is 0 Å². The highest BCUT2D eigenvalue weighted by Crippen LogP contribution is 2.30. The number of hydrogen-bond acceptors (Lipinski definition) is 6. The molecule has 1 fully saturated rings. The van der Waals surface area contributed by atoms with E-state index in [1.165, 1.54) is 11.1 Å². The maximum Gasteiger partial charge on any atom is 0.127 e. The number of rotatable bonds is 6. The average molecular weight is 451 g/mol. The average Bonchev–Trinajstić information content (AvgIpc) is 2.90. The first kappa shape index (κ1) is 22.2. The molecular weight excluding hydrogens is 420 g/mol. The number of nitrogens with one attached hydrogen (secondary N) is 1. The Balaban J connectivity index is 1.43. The van der Waals surface area contributed by atoms with E-state index < -0.39 is 0 Å². The summed E-state index contributed by atoms with van der Waals surface area (Å²) in [6, 6.07) is 21.0. The van der Waals surface area contributed by atoms with E-state index >= 15 is 0 Å². The lowest BCUT2D eigenvalue weighted by Crippen LogP contribution is -2.43. The number of piperazine rings is 1. The van der Waals surface area contributed by atoms with Gasteiger partial charge in [-0.2, -0.15) is 0 Å². The Morgan fingerprint density at radius 1 is 0.794 bits per heavy atom. The second kappa shape index (κ2) is 10.1. The van der Waals surface area contributed by atoms with E-state index in [1.54, 1.807) is 6.20 Å². The lowest BCUT2D eigenvalue weighted by Gasteiger charge is -2.32. The number of nitrogens with zero attached hydrogens (tertiary/aromatic N) is 5. The maximum atomic E-state index is 4.70. The first-order valence-corrected chi connectivity index (χ1v) is 11.7. The van der Waals surface area contributed by atoms with E-state index in [0.29, 0.717) is 0 Å². The molecule has 0 amide bonds. The van der Waals surface area contributed by atoms with Gasteiger partial charge in [0.05, 0.1) is 11.4 Å². The zero-order chi connectivity index (χ0) is 23.3. The highest BCUT2D eigenvalue weighted by Gasteiger charge is 2.14. The minimum Gasteiger partial charge on any atom is -0.373 e. The molecular formula is C28H30N6. The van der Waals surface area contributed by atoms with Crippen LogP contribution in [0.5, 0.6) is 0 Å². The van der Waals surface area contributed by atoms with Gasteiger partial charge in [0.2, 0.25) is 0 Å². The van der Waals surface area contributed by atoms with Crippen LogP contribution >= 0.6 is 0 Å². The molecule has 1 aliphatic heterocycles. The Hall–Kier alpha value is -3.61. The normalized spacial score (nSPS) is 14.8. The molecule has 1 aliphatic rings. The lowest BCUT2D eigenvalue weighted by molar-refractivity contribution is 0.148. The molecule has 4 aromatic rings. The van der Waals surface area contributed by atoms with Gasteiger partial charge in [0.1, 0.15) is 5.82 Å². The summed E-state index contributed by atoms with van der Waals surface area (Å²) in [7, 11) is 4.08. The van der Waals surface area contributed by atoms with Gasteiger partial charge in [-0.3, -0.25) is 14.9 Å². The van der Waals surface area contributed by atoms with E-state index in [-0.39, 0.29) is 0 Å². The smallest absolute Gasteiger partial charge is 0.127 e. The van der Waals surface area contributed by atoms with Crippen LogP contribution < -0.4 is 5.32 Å². The third-order valence-electron chi connectivity index (χ3n) is 6.34. The fraction of sp³-hybridized carbons (Fsp3) is 0.250. The summed E-state index contributed by atoms with van der Waals surface area (Å²) in [5.74, 6) is 0.803. The topological polar surface area (TPSA) is 57.2 Å². The first-order valence-electron chi connectivity index (χ1n) is 11.7. The fourth-order valence-electron chi connectivity index (χ4n) is 4.34. The molecule has 0 atom stereocenters. The highest BCUT2D eigenvalue weighted by molar-refractivity contribution is 5.76. The van der Waals surface area contributed by atoms with Crippen molar-refractivity contribution in [1.29, 1.82) is 0 Å². The molecule has 0 saturated carbocycles. The van der Waals surface area contributed by atoms with Gasteiger partial charge in [-0.05, 0) is 60.1 Å². The molecule has 0 aliphatic carbocycles. The third kappa shape index (κ3) is 5.14. The molecule has 1 aromatic carbocycles. The quantitative estimate of drug-likeness (QED) is 0.461. The second-order valence-corrected chi connectivity index (χ2v) is 8.83. The van der Waals surface area contributed by atoms with Crippen molar-refractivity contribution in [2.75, 3.05) is 45.6 Å². The fourth-order valence-corrected chi connectivity index (χ4v) is 4.34. The van der Waals surface area contributed by atoms with Gasteiger partial charge in [-0.1, -0.05) is 24.3 Å². The summed E-state index contributed by atoms with van der Waals surface area (Å²) in [4.78, 5) is 18.7. The maximum absolute atomic E-state index is 4.70. The number of pyridine rings is 3. The van der Waals surface area contributed by atoms with Crippen molar-refractivity contribution in [3.8, 4) is 33.6 Å². The number of hydrogen-bond donors (Lipinski definition) is 1. The Labute approximate surface area is 201 Å². The third-order valence-corrected chi connectivity index (χ3v) is 6.34. The molecule has 4 heterocycles. The Morgan fingerprint density at radius 2 is 1.62 bits per heavy atom. The van der Waals surface area contributed by atoms with Gasteiger partial charge in [0, 0.05) is 69.5 Å². The number of benzene rings is 1. The summed E-state index contributed by atoms with van der Waals surface area (Å²) in [6.07, 6.45) is 5.65. The van der Waals surface area contributed by atoms with Crippen LogP contribution in [-0.4, -0.2) is 65.0 Å².